The second kappa shape index (κ2) is 7.70. The SMILES string of the molecule is COc1ncnc(OC)c1CON=Cc1cc(C#N)cc(C)n1. The molecule has 0 unspecified atom stereocenters. The lowest BCUT2D eigenvalue weighted by atomic mass is 10.2. The fourth-order valence-electron chi connectivity index (χ4n) is 1.87. The molecule has 0 amide bonds. The largest absolute Gasteiger partial charge is 0.481 e. The molecule has 118 valence electrons. The Balaban J connectivity index is 2.08. The van der Waals surface area contributed by atoms with Gasteiger partial charge in [0.25, 0.3) is 0 Å². The molecule has 0 aliphatic rings. The summed E-state index contributed by atoms with van der Waals surface area (Å²) in [7, 11) is 2.99. The maximum atomic E-state index is 8.93. The lowest BCUT2D eigenvalue weighted by molar-refractivity contribution is 0.126. The first kappa shape index (κ1) is 16.2. The number of hydrogen-bond acceptors (Lipinski definition) is 8. The molecular formula is C15H15N5O3. The van der Waals surface area contributed by atoms with Gasteiger partial charge in [0.2, 0.25) is 11.8 Å². The molecule has 0 aromatic carbocycles. The van der Waals surface area contributed by atoms with Gasteiger partial charge in [-0.15, -0.1) is 0 Å². The highest BCUT2D eigenvalue weighted by Crippen LogP contribution is 2.24. The number of rotatable bonds is 6. The van der Waals surface area contributed by atoms with Gasteiger partial charge < -0.3 is 14.3 Å². The molecule has 0 radical (unpaired) electrons. The summed E-state index contributed by atoms with van der Waals surface area (Å²) in [6.45, 7) is 1.87. The van der Waals surface area contributed by atoms with E-state index in [9.17, 15) is 0 Å². The van der Waals surface area contributed by atoms with Crippen LogP contribution in [0.4, 0.5) is 0 Å². The fourth-order valence-corrected chi connectivity index (χ4v) is 1.87. The van der Waals surface area contributed by atoms with E-state index in [1.54, 1.807) is 19.1 Å². The van der Waals surface area contributed by atoms with Crippen LogP contribution in [0.2, 0.25) is 0 Å². The van der Waals surface area contributed by atoms with Gasteiger partial charge in [0, 0.05) is 5.69 Å². The first-order valence-corrected chi connectivity index (χ1v) is 6.64. The molecule has 0 N–H and O–H groups in total. The van der Waals surface area contributed by atoms with Crippen molar-refractivity contribution in [2.45, 2.75) is 13.5 Å². The first-order chi connectivity index (χ1) is 11.2. The zero-order valence-corrected chi connectivity index (χ0v) is 13.0. The fraction of sp³-hybridized carbons (Fsp3) is 0.267. The van der Waals surface area contributed by atoms with Gasteiger partial charge in [-0.2, -0.15) is 5.26 Å². The lowest BCUT2D eigenvalue weighted by Crippen LogP contribution is -2.02. The van der Waals surface area contributed by atoms with Crippen LogP contribution in [-0.4, -0.2) is 35.4 Å². The van der Waals surface area contributed by atoms with Gasteiger partial charge in [-0.3, -0.25) is 4.98 Å². The maximum Gasteiger partial charge on any atom is 0.226 e. The van der Waals surface area contributed by atoms with Gasteiger partial charge in [-0.05, 0) is 19.1 Å². The van der Waals surface area contributed by atoms with E-state index in [0.29, 0.717) is 28.6 Å². The molecule has 23 heavy (non-hydrogen) atoms. The number of nitriles is 1. The molecule has 2 aromatic heterocycles. The number of ether oxygens (including phenoxy) is 2. The lowest BCUT2D eigenvalue weighted by Gasteiger charge is -2.09. The van der Waals surface area contributed by atoms with Crippen LogP contribution < -0.4 is 9.47 Å². The summed E-state index contributed by atoms with van der Waals surface area (Å²) in [4.78, 5) is 17.4. The number of oxime groups is 1. The number of aryl methyl sites for hydroxylation is 1. The van der Waals surface area contributed by atoms with Crippen molar-refractivity contribution in [3.63, 3.8) is 0 Å². The van der Waals surface area contributed by atoms with Crippen LogP contribution in [-0.2, 0) is 11.4 Å². The predicted molar refractivity (Wildman–Crippen MR) is 81.2 cm³/mol. The van der Waals surface area contributed by atoms with Crippen LogP contribution in [0.15, 0.2) is 23.6 Å². The summed E-state index contributed by atoms with van der Waals surface area (Å²) in [5.41, 5.74) is 2.32. The second-order valence-electron chi connectivity index (χ2n) is 4.41. The Morgan fingerprint density at radius 1 is 1.22 bits per heavy atom. The molecule has 0 fully saturated rings. The minimum atomic E-state index is 0.0700. The summed E-state index contributed by atoms with van der Waals surface area (Å²) in [5, 5.41) is 12.8. The van der Waals surface area contributed by atoms with E-state index in [1.807, 2.05) is 0 Å². The third-order valence-corrected chi connectivity index (χ3v) is 2.82. The zero-order chi connectivity index (χ0) is 16.7. The number of methoxy groups -OCH3 is 2. The molecule has 2 heterocycles. The molecular weight excluding hydrogens is 298 g/mol. The van der Waals surface area contributed by atoms with Crippen molar-refractivity contribution in [2.75, 3.05) is 14.2 Å². The normalized spacial score (nSPS) is 10.3. The average molecular weight is 313 g/mol. The van der Waals surface area contributed by atoms with Crippen LogP contribution in [0.1, 0.15) is 22.5 Å². The molecule has 2 aromatic rings. The van der Waals surface area contributed by atoms with Gasteiger partial charge in [-0.1, -0.05) is 5.16 Å². The van der Waals surface area contributed by atoms with Crippen molar-refractivity contribution in [3.8, 4) is 17.8 Å². The molecule has 0 spiro atoms. The minimum absolute atomic E-state index is 0.0700. The van der Waals surface area contributed by atoms with E-state index >= 15 is 0 Å². The van der Waals surface area contributed by atoms with E-state index in [1.165, 1.54) is 26.8 Å². The van der Waals surface area contributed by atoms with Gasteiger partial charge in [0.05, 0.1) is 37.8 Å². The third-order valence-electron chi connectivity index (χ3n) is 2.82. The third kappa shape index (κ3) is 4.14. The van der Waals surface area contributed by atoms with Crippen molar-refractivity contribution in [1.29, 1.82) is 5.26 Å². The second-order valence-corrected chi connectivity index (χ2v) is 4.41. The Bertz CT molecular complexity index is 733. The van der Waals surface area contributed by atoms with Crippen molar-refractivity contribution >= 4 is 6.21 Å². The standard InChI is InChI=1S/C15H15N5O3/c1-10-4-11(6-16)5-12(20-10)7-19-23-8-13-14(21-2)17-9-18-15(13)22-3/h4-5,7,9H,8H2,1-3H3. The smallest absolute Gasteiger partial charge is 0.226 e. The summed E-state index contributed by atoms with van der Waals surface area (Å²) < 4.78 is 10.3. The number of pyridine rings is 1. The molecule has 0 aliphatic carbocycles. The van der Waals surface area contributed by atoms with Crippen molar-refractivity contribution in [3.05, 3.63) is 41.0 Å². The molecule has 0 saturated heterocycles. The highest BCUT2D eigenvalue weighted by atomic mass is 16.6. The zero-order valence-electron chi connectivity index (χ0n) is 13.0. The summed E-state index contributed by atoms with van der Waals surface area (Å²) >= 11 is 0. The quantitative estimate of drug-likeness (QED) is 0.589. The monoisotopic (exact) mass is 313 g/mol. The van der Waals surface area contributed by atoms with Crippen molar-refractivity contribution < 1.29 is 14.3 Å². The Morgan fingerprint density at radius 3 is 2.52 bits per heavy atom. The van der Waals surface area contributed by atoms with Gasteiger partial charge in [-0.25, -0.2) is 9.97 Å². The van der Waals surface area contributed by atoms with Crippen LogP contribution >= 0.6 is 0 Å². The molecule has 8 nitrogen and oxygen atoms in total. The molecule has 0 aliphatic heterocycles. The van der Waals surface area contributed by atoms with Crippen LogP contribution in [0.3, 0.4) is 0 Å². The Labute approximate surface area is 133 Å². The Hall–Kier alpha value is -3.21. The van der Waals surface area contributed by atoms with E-state index in [-0.39, 0.29) is 6.61 Å². The molecule has 2 rings (SSSR count). The topological polar surface area (TPSA) is 103 Å². The molecule has 0 saturated carbocycles. The van der Waals surface area contributed by atoms with Crippen molar-refractivity contribution in [2.24, 2.45) is 5.16 Å². The first-order valence-electron chi connectivity index (χ1n) is 6.64. The maximum absolute atomic E-state index is 8.93. The van der Waals surface area contributed by atoms with Gasteiger partial charge in [0.1, 0.15) is 11.9 Å². The van der Waals surface area contributed by atoms with Crippen LogP contribution in [0.5, 0.6) is 11.8 Å². The van der Waals surface area contributed by atoms with Crippen LogP contribution in [0, 0.1) is 18.3 Å². The van der Waals surface area contributed by atoms with E-state index in [4.69, 9.17) is 19.6 Å². The Morgan fingerprint density at radius 2 is 1.91 bits per heavy atom. The van der Waals surface area contributed by atoms with Gasteiger partial charge in [0.15, 0.2) is 6.61 Å². The molecule has 8 heteroatoms. The van der Waals surface area contributed by atoms with E-state index in [0.717, 1.165) is 5.69 Å². The molecule has 0 atom stereocenters. The number of aromatic nitrogens is 3. The number of hydrogen-bond donors (Lipinski definition) is 0. The Kier molecular flexibility index (Phi) is 5.41. The minimum Gasteiger partial charge on any atom is -0.481 e. The van der Waals surface area contributed by atoms with Crippen LogP contribution in [0.25, 0.3) is 0 Å². The van der Waals surface area contributed by atoms with Crippen molar-refractivity contribution in [1.82, 2.24) is 15.0 Å². The summed E-state index contributed by atoms with van der Waals surface area (Å²) in [6, 6.07) is 5.37. The highest BCUT2D eigenvalue weighted by molar-refractivity contribution is 5.77. The number of nitrogens with zero attached hydrogens (tertiary/aromatic N) is 5. The highest BCUT2D eigenvalue weighted by Gasteiger charge is 2.13. The van der Waals surface area contributed by atoms with E-state index in [2.05, 4.69) is 26.2 Å². The summed E-state index contributed by atoms with van der Waals surface area (Å²) in [6.07, 6.45) is 2.76. The molecule has 0 bridgehead atoms. The predicted octanol–water partition coefficient (Wildman–Crippen LogP) is 1.62. The average Bonchev–Trinajstić information content (AvgIpc) is 2.57. The summed E-state index contributed by atoms with van der Waals surface area (Å²) in [5.74, 6) is 0.708. The van der Waals surface area contributed by atoms with Gasteiger partial charge >= 0.3 is 0 Å². The van der Waals surface area contributed by atoms with E-state index < -0.39 is 0 Å².